The molecule has 1 aliphatic rings. The quantitative estimate of drug-likeness (QED) is 0.490. The second-order valence-corrected chi connectivity index (χ2v) is 12.3. The van der Waals surface area contributed by atoms with Gasteiger partial charge < -0.3 is 14.4 Å². The Balaban J connectivity index is 1.79. The van der Waals surface area contributed by atoms with Crippen LogP contribution in [0.5, 0.6) is 0 Å². The molecule has 30 heavy (non-hydrogen) atoms. The van der Waals surface area contributed by atoms with Gasteiger partial charge in [-0.3, -0.25) is 0 Å². The topological polar surface area (TPSA) is 61.9 Å². The van der Waals surface area contributed by atoms with Crippen LogP contribution in [0.3, 0.4) is 0 Å². The second kappa shape index (κ2) is 10.6. The van der Waals surface area contributed by atoms with E-state index in [4.69, 9.17) is 16.3 Å². The van der Waals surface area contributed by atoms with Crippen LogP contribution < -0.4 is 9.62 Å². The molecule has 1 atom stereocenters. The molecule has 0 amide bonds. The van der Waals surface area contributed by atoms with E-state index in [0.29, 0.717) is 15.3 Å². The molecule has 0 spiro atoms. The molecule has 1 N–H and O–H groups in total. The molecule has 0 bridgehead atoms. The molecule has 1 fully saturated rings. The summed E-state index contributed by atoms with van der Waals surface area (Å²) in [6.45, 7) is 1.68. The van der Waals surface area contributed by atoms with Crippen molar-refractivity contribution in [3.05, 3.63) is 35.4 Å². The van der Waals surface area contributed by atoms with Crippen molar-refractivity contribution in [2.24, 2.45) is 0 Å². The minimum absolute atomic E-state index is 0.332. The number of sulfonamides is 1. The maximum atomic E-state index is 12.3. The van der Waals surface area contributed by atoms with Crippen molar-refractivity contribution in [1.82, 2.24) is 4.31 Å². The Bertz CT molecular complexity index is 950. The Morgan fingerprint density at radius 1 is 1.30 bits per heavy atom. The summed E-state index contributed by atoms with van der Waals surface area (Å²) in [5, 5.41) is 0.715. The number of ether oxygens (including phenoxy) is 1. The van der Waals surface area contributed by atoms with Gasteiger partial charge >= 0.3 is 0 Å². The Morgan fingerprint density at radius 2 is 2.10 bits per heavy atom. The molecular formula is C20H28ClN3O3S3. The molecule has 1 unspecified atom stereocenters. The molecular weight excluding hydrogens is 462 g/mol. The van der Waals surface area contributed by atoms with Gasteiger partial charge in [-0.1, -0.05) is 17.7 Å². The van der Waals surface area contributed by atoms with Crippen LogP contribution in [0.4, 0.5) is 11.4 Å². The van der Waals surface area contributed by atoms with Gasteiger partial charge in [0, 0.05) is 40.4 Å². The van der Waals surface area contributed by atoms with Crippen LogP contribution in [-0.2, 0) is 14.8 Å². The van der Waals surface area contributed by atoms with Crippen molar-refractivity contribution in [2.75, 3.05) is 44.0 Å². The number of piperidine rings is 1. The predicted octanol–water partition coefficient (Wildman–Crippen LogP) is 5.17. The van der Waals surface area contributed by atoms with Crippen LogP contribution in [0, 0.1) is 0 Å². The lowest BCUT2D eigenvalue weighted by Crippen LogP contribution is -2.40. The fourth-order valence-electron chi connectivity index (χ4n) is 3.52. The van der Waals surface area contributed by atoms with Gasteiger partial charge in [0.2, 0.25) is 0 Å². The highest BCUT2D eigenvalue weighted by molar-refractivity contribution is 8.02. The standard InChI is InChI=1S/C20H28ClN3O3S3/c1-23(2)30(25,26)19-11-10-18(28-19)29-22-17-9-6-8-16(21)20(17)24-13-5-4-7-15(24)12-14-27-3/h6,8-11,15,22H,4-5,7,12-14H2,1-3H3. The maximum absolute atomic E-state index is 12.3. The van der Waals surface area contributed by atoms with Gasteiger partial charge in [-0.2, -0.15) is 0 Å². The van der Waals surface area contributed by atoms with Gasteiger partial charge in [-0.25, -0.2) is 12.7 Å². The third-order valence-corrected chi connectivity index (χ3v) is 9.74. The number of nitrogens with one attached hydrogen (secondary N) is 1. The molecule has 6 nitrogen and oxygen atoms in total. The predicted molar refractivity (Wildman–Crippen MR) is 128 cm³/mol. The lowest BCUT2D eigenvalue weighted by molar-refractivity contribution is 0.182. The normalized spacial score (nSPS) is 17.5. The molecule has 0 radical (unpaired) electrons. The molecule has 1 aromatic heterocycles. The lowest BCUT2D eigenvalue weighted by atomic mass is 9.98. The van der Waals surface area contributed by atoms with Gasteiger partial charge in [0.1, 0.15) is 4.21 Å². The molecule has 0 saturated carbocycles. The SMILES string of the molecule is COCCC1CCCCN1c1c(Cl)cccc1NSc1ccc(S(=O)(=O)N(C)C)s1. The lowest BCUT2D eigenvalue weighted by Gasteiger charge is -2.39. The number of nitrogens with zero attached hydrogens (tertiary/aromatic N) is 2. The monoisotopic (exact) mass is 489 g/mol. The molecule has 1 aromatic carbocycles. The average Bonchev–Trinajstić information content (AvgIpc) is 3.21. The van der Waals surface area contributed by atoms with Gasteiger partial charge in [-0.15, -0.1) is 11.3 Å². The summed E-state index contributed by atoms with van der Waals surface area (Å²) in [7, 11) is 1.39. The fraction of sp³-hybridized carbons (Fsp3) is 0.500. The van der Waals surface area contributed by atoms with E-state index in [-0.39, 0.29) is 0 Å². The number of hydrogen-bond donors (Lipinski definition) is 1. The van der Waals surface area contributed by atoms with Crippen molar-refractivity contribution in [2.45, 2.75) is 40.1 Å². The smallest absolute Gasteiger partial charge is 0.252 e. The van der Waals surface area contributed by atoms with Crippen molar-refractivity contribution >= 4 is 56.3 Å². The van der Waals surface area contributed by atoms with E-state index < -0.39 is 10.0 Å². The molecule has 2 aromatic rings. The molecule has 10 heteroatoms. The van der Waals surface area contributed by atoms with Gasteiger partial charge in [0.05, 0.1) is 20.6 Å². The Kier molecular flexibility index (Phi) is 8.34. The number of halogens is 1. The summed E-state index contributed by atoms with van der Waals surface area (Å²) in [5.41, 5.74) is 1.94. The van der Waals surface area contributed by atoms with E-state index in [9.17, 15) is 8.42 Å². The number of anilines is 2. The van der Waals surface area contributed by atoms with Crippen LogP contribution in [0.15, 0.2) is 38.8 Å². The van der Waals surface area contributed by atoms with Crippen LogP contribution >= 0.6 is 34.9 Å². The van der Waals surface area contributed by atoms with Crippen molar-refractivity contribution in [1.29, 1.82) is 0 Å². The highest BCUT2D eigenvalue weighted by Gasteiger charge is 2.26. The zero-order chi connectivity index (χ0) is 21.7. The third kappa shape index (κ3) is 5.44. The number of benzene rings is 1. The zero-order valence-corrected chi connectivity index (χ0v) is 20.6. The van der Waals surface area contributed by atoms with Crippen molar-refractivity contribution in [3.8, 4) is 0 Å². The Labute approximate surface area is 192 Å². The second-order valence-electron chi connectivity index (χ2n) is 7.33. The first-order chi connectivity index (χ1) is 14.3. The Hall–Kier alpha value is -0.970. The number of thiophene rings is 1. The van der Waals surface area contributed by atoms with Gasteiger partial charge in [0.15, 0.2) is 0 Å². The van der Waals surface area contributed by atoms with E-state index in [1.165, 1.54) is 48.1 Å². The van der Waals surface area contributed by atoms with Crippen molar-refractivity contribution in [3.63, 3.8) is 0 Å². The first-order valence-corrected chi connectivity index (χ1v) is 13.3. The zero-order valence-electron chi connectivity index (χ0n) is 17.4. The molecule has 0 aliphatic carbocycles. The number of para-hydroxylation sites is 1. The fourth-order valence-corrected chi connectivity index (χ4v) is 7.24. The number of rotatable bonds is 9. The van der Waals surface area contributed by atoms with Crippen LogP contribution in [0.2, 0.25) is 5.02 Å². The average molecular weight is 490 g/mol. The van der Waals surface area contributed by atoms with Crippen LogP contribution in [0.1, 0.15) is 25.7 Å². The minimum Gasteiger partial charge on any atom is -0.385 e. The maximum Gasteiger partial charge on any atom is 0.252 e. The minimum atomic E-state index is -3.42. The Morgan fingerprint density at radius 3 is 2.83 bits per heavy atom. The van der Waals surface area contributed by atoms with Crippen molar-refractivity contribution < 1.29 is 13.2 Å². The van der Waals surface area contributed by atoms with E-state index >= 15 is 0 Å². The molecule has 2 heterocycles. The molecule has 3 rings (SSSR count). The molecule has 1 saturated heterocycles. The number of methoxy groups -OCH3 is 1. The van der Waals surface area contributed by atoms with E-state index in [2.05, 4.69) is 9.62 Å². The number of hydrogen-bond acceptors (Lipinski definition) is 7. The molecule has 166 valence electrons. The summed E-state index contributed by atoms with van der Waals surface area (Å²) >= 11 is 9.29. The summed E-state index contributed by atoms with van der Waals surface area (Å²) < 4.78 is 35.8. The first kappa shape index (κ1) is 23.7. The summed E-state index contributed by atoms with van der Waals surface area (Å²) in [6.07, 6.45) is 4.44. The largest absolute Gasteiger partial charge is 0.385 e. The van der Waals surface area contributed by atoms with Crippen LogP contribution in [-0.4, -0.2) is 53.1 Å². The first-order valence-electron chi connectivity index (χ1n) is 9.84. The highest BCUT2D eigenvalue weighted by atomic mass is 35.5. The van der Waals surface area contributed by atoms with Gasteiger partial charge in [0.25, 0.3) is 10.0 Å². The summed E-state index contributed by atoms with van der Waals surface area (Å²) in [5.74, 6) is 0. The highest BCUT2D eigenvalue weighted by Crippen LogP contribution is 2.41. The van der Waals surface area contributed by atoms with E-state index in [1.54, 1.807) is 13.2 Å². The van der Waals surface area contributed by atoms with E-state index in [1.807, 2.05) is 24.3 Å². The summed E-state index contributed by atoms with van der Waals surface area (Å²) in [4.78, 5) is 2.39. The van der Waals surface area contributed by atoms with Gasteiger partial charge in [-0.05, 0) is 61.9 Å². The van der Waals surface area contributed by atoms with Crippen LogP contribution in [0.25, 0.3) is 0 Å². The third-order valence-electron chi connectivity index (χ3n) is 5.11. The molecule has 1 aliphatic heterocycles. The van der Waals surface area contributed by atoms with E-state index in [0.717, 1.165) is 48.0 Å². The summed E-state index contributed by atoms with van der Waals surface area (Å²) in [6, 6.07) is 9.73.